The molecule has 1 aliphatic rings. The number of benzene rings is 1. The highest BCUT2D eigenvalue weighted by atomic mass is 16.5. The highest BCUT2D eigenvalue weighted by molar-refractivity contribution is 5.21. The molecule has 1 fully saturated rings. The molecule has 2 nitrogen and oxygen atoms in total. The van der Waals surface area contributed by atoms with Crippen LogP contribution in [0, 0.1) is 5.92 Å². The van der Waals surface area contributed by atoms with Crippen molar-refractivity contribution in [1.29, 1.82) is 0 Å². The number of allylic oxidation sites excluding steroid dienone is 1. The van der Waals surface area contributed by atoms with Crippen molar-refractivity contribution in [3.63, 3.8) is 0 Å². The van der Waals surface area contributed by atoms with Gasteiger partial charge in [-0.3, -0.25) is 0 Å². The fourth-order valence-electron chi connectivity index (χ4n) is 2.08. The lowest BCUT2D eigenvalue weighted by molar-refractivity contribution is 0.0296. The summed E-state index contributed by atoms with van der Waals surface area (Å²) in [5.74, 6) is 1.64. The van der Waals surface area contributed by atoms with E-state index in [2.05, 4.69) is 0 Å². The van der Waals surface area contributed by atoms with Gasteiger partial charge in [-0.15, -0.1) is 0 Å². The molecule has 1 aromatic rings. The van der Waals surface area contributed by atoms with Crippen LogP contribution in [0.15, 0.2) is 42.7 Å². The van der Waals surface area contributed by atoms with E-state index in [9.17, 15) is 0 Å². The molecule has 0 aliphatic heterocycles. The molecule has 1 aliphatic carbocycles. The lowest BCUT2D eigenvalue weighted by Crippen LogP contribution is -2.37. The molecular formula is C15H20O2. The standard InChI is InChI=1S/C15H20O2/c1-2-11-16-12-10-13-8-9-15(13)17-14-6-4-3-5-7-14/h2-7,11,13,15H,8-10,12H2,1H3. The van der Waals surface area contributed by atoms with Crippen molar-refractivity contribution in [1.82, 2.24) is 0 Å². The van der Waals surface area contributed by atoms with Gasteiger partial charge >= 0.3 is 0 Å². The first-order chi connectivity index (χ1) is 8.40. The van der Waals surface area contributed by atoms with Crippen LogP contribution in [0.4, 0.5) is 0 Å². The van der Waals surface area contributed by atoms with E-state index in [1.54, 1.807) is 6.26 Å². The summed E-state index contributed by atoms with van der Waals surface area (Å²) in [6.45, 7) is 2.76. The zero-order valence-corrected chi connectivity index (χ0v) is 10.3. The predicted molar refractivity (Wildman–Crippen MR) is 69.0 cm³/mol. The van der Waals surface area contributed by atoms with Crippen LogP contribution in [-0.2, 0) is 4.74 Å². The second-order valence-corrected chi connectivity index (χ2v) is 4.44. The molecule has 0 aromatic heterocycles. The van der Waals surface area contributed by atoms with Crippen molar-refractivity contribution < 1.29 is 9.47 Å². The molecule has 92 valence electrons. The molecule has 1 aromatic carbocycles. The molecule has 0 radical (unpaired) electrons. The Hall–Kier alpha value is -1.44. The molecule has 0 bridgehead atoms. The second kappa shape index (κ2) is 6.33. The Balaban J connectivity index is 1.72. The number of rotatable bonds is 6. The third kappa shape index (κ3) is 3.52. The van der Waals surface area contributed by atoms with Gasteiger partial charge in [0.1, 0.15) is 11.9 Å². The molecule has 1 saturated carbocycles. The monoisotopic (exact) mass is 232 g/mol. The summed E-state index contributed by atoms with van der Waals surface area (Å²) in [5, 5.41) is 0. The van der Waals surface area contributed by atoms with E-state index in [0.717, 1.165) is 18.8 Å². The van der Waals surface area contributed by atoms with E-state index in [0.29, 0.717) is 12.0 Å². The van der Waals surface area contributed by atoms with Crippen molar-refractivity contribution in [2.75, 3.05) is 6.61 Å². The van der Waals surface area contributed by atoms with Crippen LogP contribution in [0.2, 0.25) is 0 Å². The van der Waals surface area contributed by atoms with Crippen LogP contribution >= 0.6 is 0 Å². The maximum atomic E-state index is 5.95. The van der Waals surface area contributed by atoms with Crippen LogP contribution < -0.4 is 4.74 Å². The molecule has 0 spiro atoms. The third-order valence-corrected chi connectivity index (χ3v) is 3.22. The van der Waals surface area contributed by atoms with Gasteiger partial charge in [-0.25, -0.2) is 0 Å². The van der Waals surface area contributed by atoms with Crippen LogP contribution in [0.25, 0.3) is 0 Å². The van der Waals surface area contributed by atoms with E-state index < -0.39 is 0 Å². The first kappa shape index (κ1) is 12.0. The zero-order chi connectivity index (χ0) is 11.9. The third-order valence-electron chi connectivity index (χ3n) is 3.22. The van der Waals surface area contributed by atoms with E-state index in [1.165, 1.54) is 12.8 Å². The first-order valence-corrected chi connectivity index (χ1v) is 6.34. The highest BCUT2D eigenvalue weighted by Gasteiger charge is 2.32. The van der Waals surface area contributed by atoms with Gasteiger partial charge < -0.3 is 9.47 Å². The first-order valence-electron chi connectivity index (χ1n) is 6.34. The summed E-state index contributed by atoms with van der Waals surface area (Å²) in [4.78, 5) is 0. The molecule has 17 heavy (non-hydrogen) atoms. The summed E-state index contributed by atoms with van der Waals surface area (Å²) in [5.41, 5.74) is 0. The van der Waals surface area contributed by atoms with Gasteiger partial charge in [-0.2, -0.15) is 0 Å². The van der Waals surface area contributed by atoms with E-state index in [4.69, 9.17) is 9.47 Å². The summed E-state index contributed by atoms with van der Waals surface area (Å²) >= 11 is 0. The Kier molecular flexibility index (Phi) is 4.48. The SMILES string of the molecule is CC=COCCC1CCC1Oc1ccccc1. The summed E-state index contributed by atoms with van der Waals surface area (Å²) < 4.78 is 11.3. The quantitative estimate of drug-likeness (QED) is 0.549. The Bertz CT molecular complexity index is 345. The second-order valence-electron chi connectivity index (χ2n) is 4.44. The van der Waals surface area contributed by atoms with Crippen molar-refractivity contribution in [3.8, 4) is 5.75 Å². The molecule has 0 saturated heterocycles. The highest BCUT2D eigenvalue weighted by Crippen LogP contribution is 2.33. The predicted octanol–water partition coefficient (Wildman–Crippen LogP) is 3.78. The lowest BCUT2D eigenvalue weighted by atomic mass is 9.80. The smallest absolute Gasteiger partial charge is 0.119 e. The molecule has 2 heteroatoms. The van der Waals surface area contributed by atoms with E-state index >= 15 is 0 Å². The molecule has 0 heterocycles. The van der Waals surface area contributed by atoms with Crippen molar-refractivity contribution in [3.05, 3.63) is 42.7 Å². The fraction of sp³-hybridized carbons (Fsp3) is 0.467. The largest absolute Gasteiger partial charge is 0.502 e. The van der Waals surface area contributed by atoms with Gasteiger partial charge in [-0.1, -0.05) is 24.3 Å². The van der Waals surface area contributed by atoms with Crippen molar-refractivity contribution >= 4 is 0 Å². The molecule has 2 atom stereocenters. The molecule has 0 N–H and O–H groups in total. The Labute approximate surface area is 103 Å². The van der Waals surface area contributed by atoms with Crippen LogP contribution in [-0.4, -0.2) is 12.7 Å². The fourth-order valence-corrected chi connectivity index (χ4v) is 2.08. The Morgan fingerprint density at radius 1 is 1.24 bits per heavy atom. The zero-order valence-electron chi connectivity index (χ0n) is 10.3. The molecular weight excluding hydrogens is 212 g/mol. The normalized spacial score (nSPS) is 23.4. The van der Waals surface area contributed by atoms with Gasteiger partial charge in [-0.05, 0) is 44.2 Å². The lowest BCUT2D eigenvalue weighted by Gasteiger charge is -2.36. The van der Waals surface area contributed by atoms with Gasteiger partial charge in [0, 0.05) is 0 Å². The van der Waals surface area contributed by atoms with Gasteiger partial charge in [0.15, 0.2) is 0 Å². The van der Waals surface area contributed by atoms with Gasteiger partial charge in [0.2, 0.25) is 0 Å². The Morgan fingerprint density at radius 2 is 2.06 bits per heavy atom. The van der Waals surface area contributed by atoms with E-state index in [-0.39, 0.29) is 0 Å². The topological polar surface area (TPSA) is 18.5 Å². The van der Waals surface area contributed by atoms with Crippen molar-refractivity contribution in [2.24, 2.45) is 5.92 Å². The molecule has 2 unspecified atom stereocenters. The van der Waals surface area contributed by atoms with Gasteiger partial charge in [0.25, 0.3) is 0 Å². The van der Waals surface area contributed by atoms with E-state index in [1.807, 2.05) is 43.3 Å². The number of hydrogen-bond acceptors (Lipinski definition) is 2. The average Bonchev–Trinajstić information content (AvgIpc) is 2.36. The number of hydrogen-bond donors (Lipinski definition) is 0. The van der Waals surface area contributed by atoms with Gasteiger partial charge in [0.05, 0.1) is 12.9 Å². The Morgan fingerprint density at radius 3 is 2.71 bits per heavy atom. The maximum absolute atomic E-state index is 5.95. The molecule has 2 rings (SSSR count). The minimum Gasteiger partial charge on any atom is -0.502 e. The average molecular weight is 232 g/mol. The maximum Gasteiger partial charge on any atom is 0.119 e. The van der Waals surface area contributed by atoms with Crippen LogP contribution in [0.1, 0.15) is 26.2 Å². The van der Waals surface area contributed by atoms with Crippen LogP contribution in [0.3, 0.4) is 0 Å². The summed E-state index contributed by atoms with van der Waals surface area (Å²) in [7, 11) is 0. The summed E-state index contributed by atoms with van der Waals surface area (Å²) in [6.07, 6.45) is 7.57. The summed E-state index contributed by atoms with van der Waals surface area (Å²) in [6, 6.07) is 10.1. The van der Waals surface area contributed by atoms with Crippen molar-refractivity contribution in [2.45, 2.75) is 32.3 Å². The minimum atomic E-state index is 0.381. The number of ether oxygens (including phenoxy) is 2. The molecule has 0 amide bonds. The van der Waals surface area contributed by atoms with Crippen LogP contribution in [0.5, 0.6) is 5.75 Å². The number of para-hydroxylation sites is 1. The minimum absolute atomic E-state index is 0.381.